The molecule has 272 valence electrons. The lowest BCUT2D eigenvalue weighted by atomic mass is 9.91. The van der Waals surface area contributed by atoms with Gasteiger partial charge >= 0.3 is 0 Å². The van der Waals surface area contributed by atoms with E-state index in [0.29, 0.717) is 0 Å². The molecule has 0 N–H and O–H groups in total. The Kier molecular flexibility index (Phi) is 6.53. The first kappa shape index (κ1) is 31.6. The van der Waals surface area contributed by atoms with Crippen molar-refractivity contribution in [3.05, 3.63) is 193 Å². The molecule has 0 radical (unpaired) electrons. The Morgan fingerprint density at radius 2 is 0.879 bits per heavy atom. The van der Waals surface area contributed by atoms with Gasteiger partial charge in [-0.3, -0.25) is 0 Å². The van der Waals surface area contributed by atoms with Gasteiger partial charge in [-0.05, 0) is 120 Å². The van der Waals surface area contributed by atoms with E-state index in [1.807, 2.05) is 0 Å². The third-order valence-corrected chi connectivity index (χ3v) is 12.4. The van der Waals surface area contributed by atoms with Crippen molar-refractivity contribution in [1.29, 1.82) is 0 Å². The third-order valence-electron chi connectivity index (χ3n) is 12.4. The summed E-state index contributed by atoms with van der Waals surface area (Å²) in [6.07, 6.45) is 4.34. The van der Waals surface area contributed by atoms with Crippen molar-refractivity contribution in [1.82, 2.24) is 9.13 Å². The monoisotopic (exact) mass is 742 g/mol. The molecule has 0 saturated heterocycles. The Labute approximate surface area is 333 Å². The van der Waals surface area contributed by atoms with E-state index in [4.69, 9.17) is 8.83 Å². The smallest absolute Gasteiger partial charge is 0.139 e. The zero-order valence-electron chi connectivity index (χ0n) is 31.4. The van der Waals surface area contributed by atoms with Crippen LogP contribution in [-0.4, -0.2) is 9.13 Å². The number of furan rings is 2. The van der Waals surface area contributed by atoms with Gasteiger partial charge in [0.25, 0.3) is 0 Å². The first-order valence-corrected chi connectivity index (χ1v) is 20.0. The quantitative estimate of drug-likeness (QED) is 0.180. The molecule has 1 aliphatic rings. The Balaban J connectivity index is 0.877. The number of benzene rings is 8. The highest BCUT2D eigenvalue weighted by Gasteiger charge is 2.23. The number of rotatable bonds is 4. The molecule has 8 aromatic carbocycles. The van der Waals surface area contributed by atoms with E-state index in [0.717, 1.165) is 73.5 Å². The van der Waals surface area contributed by atoms with E-state index in [2.05, 4.69) is 191 Å². The maximum atomic E-state index is 6.60. The summed E-state index contributed by atoms with van der Waals surface area (Å²) in [5.41, 5.74) is 17.0. The highest BCUT2D eigenvalue weighted by atomic mass is 16.3. The summed E-state index contributed by atoms with van der Waals surface area (Å²) < 4.78 is 18.0. The average Bonchev–Trinajstić information content (AvgIpc) is 4.02. The Hall–Kier alpha value is -7.56. The third kappa shape index (κ3) is 4.57. The largest absolute Gasteiger partial charge is 0.456 e. The topological polar surface area (TPSA) is 36.1 Å². The molecule has 4 heterocycles. The van der Waals surface area contributed by atoms with Gasteiger partial charge in [0.05, 0.1) is 16.6 Å². The standard InChI is InChI=1S/C54H34N2O2/c1-3-11-37(12-4-1)55-47-17-9-7-15-39(47)43-27-33(21-25-49(43)55)35-19-23-41-45-31-46-42-24-20-36(30-52(42)58-54(46)32-53(45)57-51(41)29-35)34-22-26-50-44(28-34)40-16-8-10-18-48(40)56(50)38-13-5-2-6-14-38/h1-21,23-25,27-32H,22,26H2. The van der Waals surface area contributed by atoms with Crippen molar-refractivity contribution < 1.29 is 8.83 Å². The molecule has 4 nitrogen and oxygen atoms in total. The molecule has 4 heteroatoms. The van der Waals surface area contributed by atoms with Crippen molar-refractivity contribution in [2.75, 3.05) is 0 Å². The second-order valence-corrected chi connectivity index (χ2v) is 15.6. The fraction of sp³-hybridized carbons (Fsp3) is 0.0370. The Morgan fingerprint density at radius 3 is 1.60 bits per heavy atom. The summed E-state index contributed by atoms with van der Waals surface area (Å²) in [5, 5.41) is 8.19. The number of nitrogens with zero attached hydrogens (tertiary/aromatic N) is 2. The lowest BCUT2D eigenvalue weighted by Crippen LogP contribution is -2.05. The minimum atomic E-state index is 0.831. The molecule has 0 atom stereocenters. The van der Waals surface area contributed by atoms with Crippen LogP contribution in [0.4, 0.5) is 0 Å². The molecule has 1 aliphatic carbocycles. The van der Waals surface area contributed by atoms with E-state index < -0.39 is 0 Å². The van der Waals surface area contributed by atoms with Gasteiger partial charge in [0.15, 0.2) is 0 Å². The number of hydrogen-bond acceptors (Lipinski definition) is 2. The van der Waals surface area contributed by atoms with Crippen molar-refractivity contribution in [2.24, 2.45) is 0 Å². The molecule has 0 unspecified atom stereocenters. The molecule has 4 aromatic heterocycles. The van der Waals surface area contributed by atoms with Crippen LogP contribution in [0, 0.1) is 0 Å². The Bertz CT molecular complexity index is 3670. The van der Waals surface area contributed by atoms with Crippen LogP contribution in [0.1, 0.15) is 23.2 Å². The first-order valence-electron chi connectivity index (χ1n) is 20.0. The summed E-state index contributed by atoms with van der Waals surface area (Å²) in [5.74, 6) is 0. The van der Waals surface area contributed by atoms with Crippen LogP contribution >= 0.6 is 0 Å². The van der Waals surface area contributed by atoms with Gasteiger partial charge in [-0.15, -0.1) is 0 Å². The molecule has 0 saturated carbocycles. The van der Waals surface area contributed by atoms with Crippen LogP contribution in [0.15, 0.2) is 185 Å². The fourth-order valence-corrected chi connectivity index (χ4v) is 9.76. The SMILES string of the molecule is C1=C(c2ccc3c(c2)oc2cc4oc5cc(-c6ccc7c(c6)c6ccccc6n7-c6ccccc6)ccc5c4cc23)CCc2c1c1ccccc1n2-c1ccccc1. The fourth-order valence-electron chi connectivity index (χ4n) is 9.76. The van der Waals surface area contributed by atoms with Crippen molar-refractivity contribution in [3.8, 4) is 22.5 Å². The van der Waals surface area contributed by atoms with Crippen LogP contribution in [0.25, 0.3) is 111 Å². The second kappa shape index (κ2) is 12.0. The highest BCUT2D eigenvalue weighted by Crippen LogP contribution is 2.42. The summed E-state index contributed by atoms with van der Waals surface area (Å²) in [4.78, 5) is 0. The van der Waals surface area contributed by atoms with E-state index in [1.165, 1.54) is 60.8 Å². The predicted octanol–water partition coefficient (Wildman–Crippen LogP) is 14.7. The molecule has 12 aromatic rings. The number of hydrogen-bond donors (Lipinski definition) is 0. The van der Waals surface area contributed by atoms with Crippen LogP contribution in [0.3, 0.4) is 0 Å². The normalized spacial score (nSPS) is 13.1. The predicted molar refractivity (Wildman–Crippen MR) is 240 cm³/mol. The molecule has 0 aliphatic heterocycles. The molecule has 0 bridgehead atoms. The zero-order valence-corrected chi connectivity index (χ0v) is 31.4. The van der Waals surface area contributed by atoms with Gasteiger partial charge in [0, 0.05) is 66.4 Å². The summed E-state index contributed by atoms with van der Waals surface area (Å²) in [6, 6.07) is 63.2. The van der Waals surface area contributed by atoms with E-state index in [1.54, 1.807) is 0 Å². The number of aromatic nitrogens is 2. The molecule has 0 spiro atoms. The minimum absolute atomic E-state index is 0.831. The van der Waals surface area contributed by atoms with Crippen LogP contribution < -0.4 is 0 Å². The summed E-state index contributed by atoms with van der Waals surface area (Å²) in [7, 11) is 0. The van der Waals surface area contributed by atoms with Gasteiger partial charge in [-0.1, -0.05) is 91.0 Å². The van der Waals surface area contributed by atoms with Gasteiger partial charge in [0.1, 0.15) is 22.3 Å². The minimum Gasteiger partial charge on any atom is -0.456 e. The molecule has 0 amide bonds. The Morgan fingerprint density at radius 1 is 0.345 bits per heavy atom. The van der Waals surface area contributed by atoms with Crippen LogP contribution in [0.5, 0.6) is 0 Å². The number of para-hydroxylation sites is 4. The van der Waals surface area contributed by atoms with E-state index in [9.17, 15) is 0 Å². The van der Waals surface area contributed by atoms with Gasteiger partial charge in [0.2, 0.25) is 0 Å². The van der Waals surface area contributed by atoms with Gasteiger partial charge < -0.3 is 18.0 Å². The van der Waals surface area contributed by atoms with Gasteiger partial charge in [-0.25, -0.2) is 0 Å². The van der Waals surface area contributed by atoms with Crippen molar-refractivity contribution in [2.45, 2.75) is 12.8 Å². The maximum absolute atomic E-state index is 6.60. The molecular weight excluding hydrogens is 709 g/mol. The van der Waals surface area contributed by atoms with Crippen molar-refractivity contribution >= 4 is 88.2 Å². The first-order chi connectivity index (χ1) is 28.7. The molecule has 0 fully saturated rings. The lowest BCUT2D eigenvalue weighted by molar-refractivity contribution is 0.656. The summed E-state index contributed by atoms with van der Waals surface area (Å²) >= 11 is 0. The van der Waals surface area contributed by atoms with E-state index in [-0.39, 0.29) is 0 Å². The average molecular weight is 743 g/mol. The molecule has 13 rings (SSSR count). The summed E-state index contributed by atoms with van der Waals surface area (Å²) in [6.45, 7) is 0. The zero-order chi connectivity index (χ0) is 37.9. The van der Waals surface area contributed by atoms with Gasteiger partial charge in [-0.2, -0.15) is 0 Å². The molecular formula is C54H34N2O2. The second-order valence-electron chi connectivity index (χ2n) is 15.6. The number of fused-ring (bicyclic) bond motifs is 12. The molecule has 58 heavy (non-hydrogen) atoms. The van der Waals surface area contributed by atoms with E-state index >= 15 is 0 Å². The van der Waals surface area contributed by atoms with Crippen molar-refractivity contribution in [3.63, 3.8) is 0 Å². The maximum Gasteiger partial charge on any atom is 0.139 e. The van der Waals surface area contributed by atoms with Crippen LogP contribution in [-0.2, 0) is 6.42 Å². The highest BCUT2D eigenvalue weighted by molar-refractivity contribution is 6.16. The van der Waals surface area contributed by atoms with Crippen LogP contribution in [0.2, 0.25) is 0 Å². The lowest BCUT2D eigenvalue weighted by Gasteiger charge is -2.17. The number of allylic oxidation sites excluding steroid dienone is 1.